The second kappa shape index (κ2) is 8.02. The summed E-state index contributed by atoms with van der Waals surface area (Å²) in [4.78, 5) is 4.24. The molecule has 0 atom stereocenters. The first kappa shape index (κ1) is 15.8. The van der Waals surface area contributed by atoms with Gasteiger partial charge in [-0.25, -0.2) is 9.67 Å². The largest absolute Gasteiger partial charge is 0.490 e. The molecule has 0 radical (unpaired) electrons. The average molecular weight is 354 g/mol. The molecule has 2 rings (SSSR count). The second-order valence-corrected chi connectivity index (χ2v) is 5.10. The van der Waals surface area contributed by atoms with Crippen molar-refractivity contribution < 1.29 is 9.47 Å². The summed E-state index contributed by atoms with van der Waals surface area (Å²) in [5.74, 6) is 2.31. The SMILES string of the molecule is CCCn1ncnc1COc1ccc(CBr)cc1OCC. The Labute approximate surface area is 133 Å². The van der Waals surface area contributed by atoms with Crippen LogP contribution in [0.1, 0.15) is 31.7 Å². The highest BCUT2D eigenvalue weighted by Crippen LogP contribution is 2.29. The molecule has 0 fully saturated rings. The molecule has 1 aromatic carbocycles. The van der Waals surface area contributed by atoms with E-state index >= 15 is 0 Å². The summed E-state index contributed by atoms with van der Waals surface area (Å²) in [6.07, 6.45) is 2.58. The number of benzene rings is 1. The topological polar surface area (TPSA) is 49.2 Å². The van der Waals surface area contributed by atoms with Crippen LogP contribution in [0.15, 0.2) is 24.5 Å². The lowest BCUT2D eigenvalue weighted by Gasteiger charge is -2.13. The molecule has 0 aliphatic rings. The third-order valence-corrected chi connectivity index (χ3v) is 3.60. The third kappa shape index (κ3) is 4.20. The maximum absolute atomic E-state index is 5.86. The fourth-order valence-electron chi connectivity index (χ4n) is 1.96. The summed E-state index contributed by atoms with van der Waals surface area (Å²) in [6.45, 7) is 5.91. The Morgan fingerprint density at radius 3 is 2.76 bits per heavy atom. The predicted octanol–water partition coefficient (Wildman–Crippen LogP) is 3.56. The first-order valence-electron chi connectivity index (χ1n) is 7.09. The second-order valence-electron chi connectivity index (χ2n) is 4.54. The Bertz CT molecular complexity index is 572. The van der Waals surface area contributed by atoms with E-state index in [0.29, 0.717) is 13.2 Å². The van der Waals surface area contributed by atoms with Crippen molar-refractivity contribution in [1.82, 2.24) is 14.8 Å². The summed E-state index contributed by atoms with van der Waals surface area (Å²) in [6, 6.07) is 5.94. The van der Waals surface area contributed by atoms with E-state index in [2.05, 4.69) is 32.9 Å². The number of alkyl halides is 1. The zero-order valence-electron chi connectivity index (χ0n) is 12.4. The number of hydrogen-bond acceptors (Lipinski definition) is 4. The maximum atomic E-state index is 5.86. The van der Waals surface area contributed by atoms with Crippen LogP contribution in [0.4, 0.5) is 0 Å². The molecular formula is C15H20BrN3O2. The smallest absolute Gasteiger partial charge is 0.164 e. The highest BCUT2D eigenvalue weighted by molar-refractivity contribution is 9.08. The fraction of sp³-hybridized carbons (Fsp3) is 0.467. The van der Waals surface area contributed by atoms with Gasteiger partial charge in [0.1, 0.15) is 12.9 Å². The molecular weight excluding hydrogens is 334 g/mol. The van der Waals surface area contributed by atoms with Crippen LogP contribution in [0, 0.1) is 0 Å². The Morgan fingerprint density at radius 2 is 2.05 bits per heavy atom. The summed E-state index contributed by atoms with van der Waals surface area (Å²) in [5, 5.41) is 4.98. The standard InChI is InChI=1S/C15H20BrN3O2/c1-3-7-19-15(17-11-18-19)10-21-13-6-5-12(9-16)8-14(13)20-4-2/h5-6,8,11H,3-4,7,9-10H2,1-2H3. The van der Waals surface area contributed by atoms with Gasteiger partial charge in [0.05, 0.1) is 6.61 Å². The van der Waals surface area contributed by atoms with Crippen molar-refractivity contribution in [2.45, 2.75) is 38.8 Å². The molecule has 0 saturated heterocycles. The molecule has 0 saturated carbocycles. The van der Waals surface area contributed by atoms with Crippen LogP contribution in [0.25, 0.3) is 0 Å². The van der Waals surface area contributed by atoms with Crippen molar-refractivity contribution in [3.63, 3.8) is 0 Å². The number of rotatable bonds is 8. The molecule has 0 bridgehead atoms. The minimum atomic E-state index is 0.383. The van der Waals surface area contributed by atoms with Crippen LogP contribution in [0.2, 0.25) is 0 Å². The molecule has 114 valence electrons. The van der Waals surface area contributed by atoms with Gasteiger partial charge in [0, 0.05) is 11.9 Å². The third-order valence-electron chi connectivity index (χ3n) is 2.95. The lowest BCUT2D eigenvalue weighted by Crippen LogP contribution is -2.09. The monoisotopic (exact) mass is 353 g/mol. The molecule has 5 nitrogen and oxygen atoms in total. The van der Waals surface area contributed by atoms with Gasteiger partial charge in [-0.3, -0.25) is 0 Å². The van der Waals surface area contributed by atoms with Gasteiger partial charge in [-0.15, -0.1) is 0 Å². The average Bonchev–Trinajstić information content (AvgIpc) is 2.94. The summed E-state index contributed by atoms with van der Waals surface area (Å²) < 4.78 is 13.4. The number of aryl methyl sites for hydroxylation is 1. The van der Waals surface area contributed by atoms with Crippen LogP contribution >= 0.6 is 15.9 Å². The van der Waals surface area contributed by atoms with E-state index in [1.807, 2.05) is 29.8 Å². The molecule has 2 aromatic rings. The summed E-state index contributed by atoms with van der Waals surface area (Å²) in [7, 11) is 0. The zero-order valence-corrected chi connectivity index (χ0v) is 14.0. The molecule has 0 aliphatic carbocycles. The minimum Gasteiger partial charge on any atom is -0.490 e. The highest BCUT2D eigenvalue weighted by Gasteiger charge is 2.09. The zero-order chi connectivity index (χ0) is 15.1. The molecule has 0 aliphatic heterocycles. The van der Waals surface area contributed by atoms with Crippen LogP contribution in [-0.2, 0) is 18.5 Å². The van der Waals surface area contributed by atoms with Crippen LogP contribution in [0.5, 0.6) is 11.5 Å². The van der Waals surface area contributed by atoms with Gasteiger partial charge in [-0.05, 0) is 31.0 Å². The molecule has 0 N–H and O–H groups in total. The quantitative estimate of drug-likeness (QED) is 0.680. The van der Waals surface area contributed by atoms with Gasteiger partial charge < -0.3 is 9.47 Å². The first-order chi connectivity index (χ1) is 10.3. The number of halogens is 1. The summed E-state index contributed by atoms with van der Waals surface area (Å²) >= 11 is 3.45. The van der Waals surface area contributed by atoms with Gasteiger partial charge >= 0.3 is 0 Å². The van der Waals surface area contributed by atoms with Gasteiger partial charge in [-0.1, -0.05) is 28.9 Å². The van der Waals surface area contributed by atoms with Gasteiger partial charge in [-0.2, -0.15) is 5.10 Å². The lowest BCUT2D eigenvalue weighted by molar-refractivity contribution is 0.257. The van der Waals surface area contributed by atoms with Crippen LogP contribution in [-0.4, -0.2) is 21.4 Å². The molecule has 0 unspecified atom stereocenters. The summed E-state index contributed by atoms with van der Waals surface area (Å²) in [5.41, 5.74) is 1.15. The molecule has 0 amide bonds. The highest BCUT2D eigenvalue weighted by atomic mass is 79.9. The van der Waals surface area contributed by atoms with Gasteiger partial charge in [0.15, 0.2) is 17.3 Å². The van der Waals surface area contributed by atoms with E-state index in [4.69, 9.17) is 9.47 Å². The van der Waals surface area contributed by atoms with E-state index in [1.165, 1.54) is 0 Å². The van der Waals surface area contributed by atoms with Gasteiger partial charge in [0.2, 0.25) is 0 Å². The van der Waals surface area contributed by atoms with Crippen molar-refractivity contribution in [1.29, 1.82) is 0 Å². The van der Waals surface area contributed by atoms with E-state index in [0.717, 1.165) is 41.2 Å². The Hall–Kier alpha value is -1.56. The normalized spacial score (nSPS) is 10.6. The minimum absolute atomic E-state index is 0.383. The first-order valence-corrected chi connectivity index (χ1v) is 8.21. The van der Waals surface area contributed by atoms with Crippen molar-refractivity contribution in [3.05, 3.63) is 35.9 Å². The van der Waals surface area contributed by atoms with E-state index in [9.17, 15) is 0 Å². The Kier molecular flexibility index (Phi) is 6.04. The number of aromatic nitrogens is 3. The van der Waals surface area contributed by atoms with Crippen LogP contribution < -0.4 is 9.47 Å². The molecule has 1 heterocycles. The fourth-order valence-corrected chi connectivity index (χ4v) is 2.31. The number of nitrogens with zero attached hydrogens (tertiary/aromatic N) is 3. The number of ether oxygens (including phenoxy) is 2. The lowest BCUT2D eigenvalue weighted by atomic mass is 10.2. The van der Waals surface area contributed by atoms with Crippen LogP contribution in [0.3, 0.4) is 0 Å². The van der Waals surface area contributed by atoms with Crippen molar-refractivity contribution in [3.8, 4) is 11.5 Å². The molecule has 1 aromatic heterocycles. The van der Waals surface area contributed by atoms with Gasteiger partial charge in [0.25, 0.3) is 0 Å². The van der Waals surface area contributed by atoms with Crippen molar-refractivity contribution in [2.75, 3.05) is 6.61 Å². The van der Waals surface area contributed by atoms with E-state index < -0.39 is 0 Å². The number of hydrogen-bond donors (Lipinski definition) is 0. The molecule has 6 heteroatoms. The van der Waals surface area contributed by atoms with E-state index in [-0.39, 0.29) is 0 Å². The maximum Gasteiger partial charge on any atom is 0.164 e. The molecule has 0 spiro atoms. The van der Waals surface area contributed by atoms with E-state index in [1.54, 1.807) is 6.33 Å². The van der Waals surface area contributed by atoms with Crippen molar-refractivity contribution >= 4 is 15.9 Å². The predicted molar refractivity (Wildman–Crippen MR) is 84.9 cm³/mol. The Morgan fingerprint density at radius 1 is 1.19 bits per heavy atom. The molecule has 21 heavy (non-hydrogen) atoms. The Balaban J connectivity index is 2.09. The van der Waals surface area contributed by atoms with Crippen molar-refractivity contribution in [2.24, 2.45) is 0 Å².